The topological polar surface area (TPSA) is 0 Å². The van der Waals surface area contributed by atoms with Crippen LogP contribution >= 0.6 is 0 Å². The molecule has 32 heavy (non-hydrogen) atoms. The van der Waals surface area contributed by atoms with Crippen LogP contribution in [0.15, 0.2) is 109 Å². The second-order valence-electron chi connectivity index (χ2n) is 8.95. The van der Waals surface area contributed by atoms with Gasteiger partial charge >= 0.3 is 0 Å². The van der Waals surface area contributed by atoms with Gasteiger partial charge in [0.05, 0.1) is 0 Å². The maximum Gasteiger partial charge on any atom is -0.00143 e. The fraction of sp³-hybridized carbons (Fsp3) is 0. The Morgan fingerprint density at radius 3 is 1.09 bits per heavy atom. The van der Waals surface area contributed by atoms with E-state index in [9.17, 15) is 0 Å². The lowest BCUT2D eigenvalue weighted by Crippen LogP contribution is -1.89. The van der Waals surface area contributed by atoms with Gasteiger partial charge in [-0.15, -0.1) is 0 Å². The van der Waals surface area contributed by atoms with Crippen molar-refractivity contribution in [2.75, 3.05) is 0 Å². The lowest BCUT2D eigenvalue weighted by Gasteiger charge is -2.17. The van der Waals surface area contributed by atoms with Gasteiger partial charge in [-0.3, -0.25) is 0 Å². The summed E-state index contributed by atoms with van der Waals surface area (Å²) >= 11 is 0. The molecule has 0 radical (unpaired) electrons. The van der Waals surface area contributed by atoms with Crippen LogP contribution in [0.5, 0.6) is 0 Å². The van der Waals surface area contributed by atoms with Crippen LogP contribution in [0, 0.1) is 0 Å². The third kappa shape index (κ3) is 1.98. The van der Waals surface area contributed by atoms with Crippen molar-refractivity contribution in [2.45, 2.75) is 0 Å². The number of benzene rings is 8. The van der Waals surface area contributed by atoms with Gasteiger partial charge < -0.3 is 0 Å². The van der Waals surface area contributed by atoms with Crippen molar-refractivity contribution in [3.05, 3.63) is 109 Å². The van der Waals surface area contributed by atoms with Crippen molar-refractivity contribution < 1.29 is 0 Å². The third-order valence-electron chi connectivity index (χ3n) is 7.27. The predicted octanol–water partition coefficient (Wildman–Crippen LogP) is 9.20. The van der Waals surface area contributed by atoms with E-state index in [0.717, 1.165) is 0 Å². The Morgan fingerprint density at radius 2 is 0.625 bits per heavy atom. The first-order valence-electron chi connectivity index (χ1n) is 11.2. The molecule has 8 aromatic carbocycles. The largest absolute Gasteiger partial charge is 0.0616 e. The average molecular weight is 402 g/mol. The van der Waals surface area contributed by atoms with Gasteiger partial charge in [0.25, 0.3) is 0 Å². The van der Waals surface area contributed by atoms with E-state index in [1.807, 2.05) is 0 Å². The number of fused-ring (bicyclic) bond motifs is 7. The lowest BCUT2D eigenvalue weighted by molar-refractivity contribution is 1.79. The molecule has 0 spiro atoms. The van der Waals surface area contributed by atoms with E-state index in [2.05, 4.69) is 109 Å². The number of hydrogen-bond donors (Lipinski definition) is 0. The molecule has 0 N–H and O–H groups in total. The lowest BCUT2D eigenvalue weighted by atomic mass is 9.86. The zero-order valence-corrected chi connectivity index (χ0v) is 17.4. The Hall–Kier alpha value is -4.16. The van der Waals surface area contributed by atoms with Crippen molar-refractivity contribution in [1.82, 2.24) is 0 Å². The van der Waals surface area contributed by atoms with Crippen LogP contribution in [0.1, 0.15) is 0 Å². The molecule has 0 unspecified atom stereocenters. The fourth-order valence-corrected chi connectivity index (χ4v) is 5.98. The van der Waals surface area contributed by atoms with E-state index >= 15 is 0 Å². The van der Waals surface area contributed by atoms with Crippen LogP contribution in [0.2, 0.25) is 0 Å². The van der Waals surface area contributed by atoms with Gasteiger partial charge in [0.2, 0.25) is 0 Å². The molecule has 0 nitrogen and oxygen atoms in total. The zero-order valence-electron chi connectivity index (χ0n) is 17.4. The summed E-state index contributed by atoms with van der Waals surface area (Å²) in [6.07, 6.45) is 0. The summed E-state index contributed by atoms with van der Waals surface area (Å²) in [5, 5.41) is 18.7. The van der Waals surface area contributed by atoms with Gasteiger partial charge in [-0.2, -0.15) is 0 Å². The summed E-state index contributed by atoms with van der Waals surface area (Å²) in [7, 11) is 0. The zero-order chi connectivity index (χ0) is 20.8. The smallest absolute Gasteiger partial charge is 0.00143 e. The Morgan fingerprint density at radius 1 is 0.250 bits per heavy atom. The molecule has 0 aliphatic heterocycles. The van der Waals surface area contributed by atoms with E-state index < -0.39 is 0 Å². The van der Waals surface area contributed by atoms with Crippen molar-refractivity contribution in [2.24, 2.45) is 0 Å². The molecule has 0 fully saturated rings. The minimum Gasteiger partial charge on any atom is -0.0616 e. The molecule has 0 aliphatic rings. The van der Waals surface area contributed by atoms with E-state index in [1.165, 1.54) is 75.4 Å². The first kappa shape index (κ1) is 16.5. The Bertz CT molecular complexity index is 1880. The maximum absolute atomic E-state index is 2.42. The highest BCUT2D eigenvalue weighted by molar-refractivity contribution is 6.38. The second-order valence-corrected chi connectivity index (χ2v) is 8.95. The molecule has 8 rings (SSSR count). The highest BCUT2D eigenvalue weighted by Gasteiger charge is 2.16. The highest BCUT2D eigenvalue weighted by Crippen LogP contribution is 2.44. The molecule has 0 aliphatic carbocycles. The summed E-state index contributed by atoms with van der Waals surface area (Å²) in [5.41, 5.74) is 0. The minimum atomic E-state index is 1.30. The first-order chi connectivity index (χ1) is 15.9. The molecule has 8 aromatic rings. The van der Waals surface area contributed by atoms with Crippen LogP contribution < -0.4 is 0 Å². The summed E-state index contributed by atoms with van der Waals surface area (Å²) in [4.78, 5) is 0. The standard InChI is InChI=1S/C32H18/c1-3-13-25-19(7-1)15-21-9-5-11-23-18-28-27(31(25)29(21)23)17-24-12-6-10-22-16-20-8-2-4-14-26(20)32(28)30(22)24/h1-18H. The summed E-state index contributed by atoms with van der Waals surface area (Å²) < 4.78 is 0. The normalized spacial score (nSPS) is 12.4. The SMILES string of the molecule is c1ccc2c(c1)cc1cccc3cc4c(cc5cccc6cc7ccccc7c4c65)c2c13. The average Bonchev–Trinajstić information content (AvgIpc) is 2.84. The molecule has 0 bridgehead atoms. The first-order valence-corrected chi connectivity index (χ1v) is 11.2. The van der Waals surface area contributed by atoms with Crippen molar-refractivity contribution in [1.29, 1.82) is 0 Å². The summed E-state index contributed by atoms with van der Waals surface area (Å²) in [5.74, 6) is 0. The summed E-state index contributed by atoms with van der Waals surface area (Å²) in [6.45, 7) is 0. The van der Waals surface area contributed by atoms with Crippen molar-refractivity contribution in [3.63, 3.8) is 0 Å². The fourth-order valence-electron chi connectivity index (χ4n) is 5.98. The van der Waals surface area contributed by atoms with E-state index in [1.54, 1.807) is 0 Å². The van der Waals surface area contributed by atoms with E-state index in [0.29, 0.717) is 0 Å². The van der Waals surface area contributed by atoms with Crippen molar-refractivity contribution >= 4 is 75.4 Å². The predicted molar refractivity (Wildman–Crippen MR) is 140 cm³/mol. The maximum atomic E-state index is 2.42. The van der Waals surface area contributed by atoms with Crippen LogP contribution in [0.25, 0.3) is 75.4 Å². The molecule has 146 valence electrons. The highest BCUT2D eigenvalue weighted by atomic mass is 14.2. The molecule has 0 aromatic heterocycles. The molecule has 0 amide bonds. The molecule has 0 atom stereocenters. The second kappa shape index (κ2) is 5.75. The third-order valence-corrected chi connectivity index (χ3v) is 7.27. The Labute approximate surface area is 184 Å². The monoisotopic (exact) mass is 402 g/mol. The van der Waals surface area contributed by atoms with Crippen LogP contribution in [-0.2, 0) is 0 Å². The quantitative estimate of drug-likeness (QED) is 0.175. The van der Waals surface area contributed by atoms with E-state index in [-0.39, 0.29) is 0 Å². The Kier molecular flexibility index (Phi) is 2.97. The van der Waals surface area contributed by atoms with Gasteiger partial charge in [0.1, 0.15) is 0 Å². The molecule has 0 heterocycles. The molecular weight excluding hydrogens is 384 g/mol. The number of rotatable bonds is 0. The van der Waals surface area contributed by atoms with Crippen LogP contribution in [-0.4, -0.2) is 0 Å². The molecule has 0 saturated carbocycles. The van der Waals surface area contributed by atoms with Gasteiger partial charge in [0.15, 0.2) is 0 Å². The molecular formula is C32H18. The minimum absolute atomic E-state index is 1.30. The number of hydrogen-bond acceptors (Lipinski definition) is 0. The van der Waals surface area contributed by atoms with Gasteiger partial charge in [0, 0.05) is 0 Å². The summed E-state index contributed by atoms with van der Waals surface area (Å²) in [6, 6.07) is 40.6. The van der Waals surface area contributed by atoms with Gasteiger partial charge in [-0.1, -0.05) is 84.9 Å². The molecule has 0 saturated heterocycles. The van der Waals surface area contributed by atoms with Crippen LogP contribution in [0.3, 0.4) is 0 Å². The van der Waals surface area contributed by atoms with Gasteiger partial charge in [-0.25, -0.2) is 0 Å². The van der Waals surface area contributed by atoms with Crippen LogP contribution in [0.4, 0.5) is 0 Å². The molecule has 0 heteroatoms. The Balaban J connectivity index is 1.81. The van der Waals surface area contributed by atoms with Gasteiger partial charge in [-0.05, 0) is 99.7 Å². The van der Waals surface area contributed by atoms with Crippen molar-refractivity contribution in [3.8, 4) is 0 Å². The van der Waals surface area contributed by atoms with E-state index in [4.69, 9.17) is 0 Å².